The van der Waals surface area contributed by atoms with Gasteiger partial charge in [0.15, 0.2) is 0 Å². The van der Waals surface area contributed by atoms with Crippen LogP contribution in [0, 0.1) is 0 Å². The van der Waals surface area contributed by atoms with Gasteiger partial charge in [-0.3, -0.25) is 9.69 Å². The third-order valence-electron chi connectivity index (χ3n) is 2.33. The minimum Gasteiger partial charge on any atom is -0.294 e. The van der Waals surface area contributed by atoms with Crippen LogP contribution in [-0.4, -0.2) is 16.8 Å². The Morgan fingerprint density at radius 2 is 1.88 bits per heavy atom. The van der Waals surface area contributed by atoms with Crippen LogP contribution in [0.5, 0.6) is 0 Å². The van der Waals surface area contributed by atoms with Crippen LogP contribution >= 0.6 is 0 Å². The van der Waals surface area contributed by atoms with Gasteiger partial charge in [0, 0.05) is 11.8 Å². The molecule has 0 unspecified atom stereocenters. The standard InChI is InChI=1S/C12H11N2O2/c1-9-7-14(12(16)13-11(9)15)8-10-5-3-2-4-6-10/h2-7H,8H2,1H3. The molecule has 3 amide bonds. The highest BCUT2D eigenvalue weighted by molar-refractivity contribution is 6.05. The zero-order valence-corrected chi connectivity index (χ0v) is 8.88. The summed E-state index contributed by atoms with van der Waals surface area (Å²) in [6.07, 6.45) is 1.55. The van der Waals surface area contributed by atoms with Crippen molar-refractivity contribution in [3.63, 3.8) is 0 Å². The van der Waals surface area contributed by atoms with E-state index in [0.717, 1.165) is 5.56 Å². The summed E-state index contributed by atoms with van der Waals surface area (Å²) in [6.45, 7) is 2.09. The summed E-state index contributed by atoms with van der Waals surface area (Å²) in [5.41, 5.74) is 1.49. The SMILES string of the molecule is CC1=CN(Cc2ccccc2)C(=O)[N]C1=O. The van der Waals surface area contributed by atoms with Crippen LogP contribution in [0.25, 0.3) is 0 Å². The number of carbonyl (C=O) groups excluding carboxylic acids is 2. The fourth-order valence-electron chi connectivity index (χ4n) is 1.48. The molecule has 1 heterocycles. The first-order valence-electron chi connectivity index (χ1n) is 4.96. The van der Waals surface area contributed by atoms with E-state index in [1.807, 2.05) is 30.3 Å². The number of rotatable bonds is 2. The van der Waals surface area contributed by atoms with Crippen LogP contribution in [0.2, 0.25) is 0 Å². The molecule has 0 bridgehead atoms. The maximum Gasteiger partial charge on any atom is 0.351 e. The van der Waals surface area contributed by atoms with Gasteiger partial charge in [0.2, 0.25) is 0 Å². The van der Waals surface area contributed by atoms with Crippen LogP contribution in [-0.2, 0) is 11.3 Å². The lowest BCUT2D eigenvalue weighted by molar-refractivity contribution is -0.117. The first kappa shape index (κ1) is 10.4. The fourth-order valence-corrected chi connectivity index (χ4v) is 1.48. The molecule has 0 N–H and O–H groups in total. The Balaban J connectivity index is 2.17. The smallest absolute Gasteiger partial charge is 0.294 e. The highest BCUT2D eigenvalue weighted by atomic mass is 16.2. The number of benzene rings is 1. The van der Waals surface area contributed by atoms with Crippen molar-refractivity contribution < 1.29 is 9.59 Å². The lowest BCUT2D eigenvalue weighted by atomic mass is 10.2. The van der Waals surface area contributed by atoms with Crippen molar-refractivity contribution in [2.45, 2.75) is 13.5 Å². The van der Waals surface area contributed by atoms with Gasteiger partial charge in [-0.1, -0.05) is 30.3 Å². The Bertz CT molecular complexity index is 451. The molecule has 0 spiro atoms. The molecule has 81 valence electrons. The van der Waals surface area contributed by atoms with Crippen molar-refractivity contribution in [3.8, 4) is 0 Å². The van der Waals surface area contributed by atoms with Gasteiger partial charge in [0.25, 0.3) is 5.91 Å². The van der Waals surface area contributed by atoms with Gasteiger partial charge in [-0.15, -0.1) is 0 Å². The third kappa shape index (κ3) is 2.11. The van der Waals surface area contributed by atoms with Crippen LogP contribution < -0.4 is 5.32 Å². The molecule has 4 heteroatoms. The highest BCUT2D eigenvalue weighted by Gasteiger charge is 2.24. The first-order chi connectivity index (χ1) is 7.66. The number of urea groups is 1. The lowest BCUT2D eigenvalue weighted by Gasteiger charge is -2.21. The Morgan fingerprint density at radius 3 is 2.56 bits per heavy atom. The molecule has 1 aromatic rings. The third-order valence-corrected chi connectivity index (χ3v) is 2.33. The van der Waals surface area contributed by atoms with Gasteiger partial charge in [0.1, 0.15) is 0 Å². The number of amides is 3. The normalized spacial score (nSPS) is 15.8. The minimum atomic E-state index is -0.501. The second kappa shape index (κ2) is 4.18. The molecule has 1 aliphatic heterocycles. The highest BCUT2D eigenvalue weighted by Crippen LogP contribution is 2.11. The Hall–Kier alpha value is -2.10. The second-order valence-corrected chi connectivity index (χ2v) is 3.63. The predicted molar refractivity (Wildman–Crippen MR) is 58.3 cm³/mol. The van der Waals surface area contributed by atoms with Crippen LogP contribution in [0.15, 0.2) is 42.1 Å². The van der Waals surface area contributed by atoms with E-state index in [-0.39, 0.29) is 0 Å². The average Bonchev–Trinajstić information content (AvgIpc) is 2.27. The van der Waals surface area contributed by atoms with Gasteiger partial charge in [-0.05, 0) is 12.5 Å². The molecule has 0 saturated heterocycles. The van der Waals surface area contributed by atoms with Crippen molar-refractivity contribution in [2.75, 3.05) is 0 Å². The van der Waals surface area contributed by atoms with E-state index >= 15 is 0 Å². The number of carbonyl (C=O) groups is 2. The van der Waals surface area contributed by atoms with Crippen molar-refractivity contribution in [2.24, 2.45) is 0 Å². The van der Waals surface area contributed by atoms with Crippen molar-refractivity contribution >= 4 is 11.9 Å². The molecule has 1 radical (unpaired) electrons. The van der Waals surface area contributed by atoms with Gasteiger partial charge >= 0.3 is 6.03 Å². The summed E-state index contributed by atoms with van der Waals surface area (Å²) in [5, 5.41) is 3.42. The van der Waals surface area contributed by atoms with E-state index in [4.69, 9.17) is 0 Å². The zero-order chi connectivity index (χ0) is 11.5. The van der Waals surface area contributed by atoms with Crippen molar-refractivity contribution in [1.29, 1.82) is 0 Å². The van der Waals surface area contributed by atoms with Gasteiger partial charge in [-0.25, -0.2) is 4.79 Å². The number of imide groups is 1. The summed E-state index contributed by atoms with van der Waals surface area (Å²) >= 11 is 0. The van der Waals surface area contributed by atoms with E-state index < -0.39 is 11.9 Å². The molecule has 1 aromatic carbocycles. The lowest BCUT2D eigenvalue weighted by Crippen LogP contribution is -2.39. The van der Waals surface area contributed by atoms with E-state index in [2.05, 4.69) is 5.32 Å². The monoisotopic (exact) mass is 215 g/mol. The van der Waals surface area contributed by atoms with Crippen LogP contribution in [0.3, 0.4) is 0 Å². The zero-order valence-electron chi connectivity index (χ0n) is 8.88. The van der Waals surface area contributed by atoms with E-state index in [1.165, 1.54) is 4.90 Å². The van der Waals surface area contributed by atoms with E-state index in [9.17, 15) is 9.59 Å². The minimum absolute atomic E-state index is 0.438. The molecular weight excluding hydrogens is 204 g/mol. The molecule has 0 fully saturated rings. The van der Waals surface area contributed by atoms with Gasteiger partial charge in [-0.2, -0.15) is 5.32 Å². The molecule has 4 nitrogen and oxygen atoms in total. The predicted octanol–water partition coefficient (Wildman–Crippen LogP) is 1.66. The number of hydrogen-bond donors (Lipinski definition) is 0. The number of hydrogen-bond acceptors (Lipinski definition) is 2. The van der Waals surface area contributed by atoms with Crippen molar-refractivity contribution in [1.82, 2.24) is 10.2 Å². The maximum atomic E-state index is 11.4. The molecular formula is C12H11N2O2. The summed E-state index contributed by atoms with van der Waals surface area (Å²) in [5.74, 6) is -0.450. The molecule has 16 heavy (non-hydrogen) atoms. The summed E-state index contributed by atoms with van der Waals surface area (Å²) in [4.78, 5) is 24.0. The van der Waals surface area contributed by atoms with Crippen LogP contribution in [0.4, 0.5) is 4.79 Å². The Kier molecular flexibility index (Phi) is 2.72. The number of nitrogens with zero attached hydrogens (tertiary/aromatic N) is 2. The molecule has 0 saturated carbocycles. The topological polar surface area (TPSA) is 51.5 Å². The summed E-state index contributed by atoms with van der Waals surface area (Å²) in [7, 11) is 0. The largest absolute Gasteiger partial charge is 0.351 e. The molecule has 2 rings (SSSR count). The Labute approximate surface area is 93.6 Å². The van der Waals surface area contributed by atoms with E-state index in [1.54, 1.807) is 13.1 Å². The first-order valence-corrected chi connectivity index (χ1v) is 4.96. The molecule has 1 aliphatic rings. The Morgan fingerprint density at radius 1 is 1.19 bits per heavy atom. The summed E-state index contributed by atoms with van der Waals surface area (Å²) in [6, 6.07) is 9.07. The quantitative estimate of drug-likeness (QED) is 0.753. The summed E-state index contributed by atoms with van der Waals surface area (Å²) < 4.78 is 0. The second-order valence-electron chi connectivity index (χ2n) is 3.63. The fraction of sp³-hybridized carbons (Fsp3) is 0.167. The molecule has 0 atom stereocenters. The molecule has 0 aromatic heterocycles. The average molecular weight is 215 g/mol. The molecule has 0 aliphatic carbocycles. The van der Waals surface area contributed by atoms with Gasteiger partial charge < -0.3 is 0 Å². The maximum absolute atomic E-state index is 11.4. The van der Waals surface area contributed by atoms with Crippen LogP contribution in [0.1, 0.15) is 12.5 Å². The van der Waals surface area contributed by atoms with E-state index in [0.29, 0.717) is 12.1 Å². The van der Waals surface area contributed by atoms with Gasteiger partial charge in [0.05, 0.1) is 6.54 Å². The van der Waals surface area contributed by atoms with Crippen molar-refractivity contribution in [3.05, 3.63) is 47.7 Å².